The van der Waals surface area contributed by atoms with E-state index in [1.54, 1.807) is 11.3 Å². The first-order valence-corrected chi connectivity index (χ1v) is 13.9. The van der Waals surface area contributed by atoms with Crippen LogP contribution < -0.4 is 10.6 Å². The number of anilines is 2. The molecule has 188 valence electrons. The van der Waals surface area contributed by atoms with Gasteiger partial charge < -0.3 is 15.7 Å². The summed E-state index contributed by atoms with van der Waals surface area (Å²) in [5.74, 6) is 1.83. The first kappa shape index (κ1) is 24.4. The lowest BCUT2D eigenvalue weighted by atomic mass is 9.81. The van der Waals surface area contributed by atoms with Gasteiger partial charge in [-0.1, -0.05) is 20.8 Å². The van der Waals surface area contributed by atoms with Crippen LogP contribution in [0.3, 0.4) is 0 Å². The van der Waals surface area contributed by atoms with Crippen LogP contribution in [0.25, 0.3) is 20.8 Å². The number of nitrogens with one attached hydrogen (secondary N) is 2. The molecule has 0 bridgehead atoms. The molecule has 0 amide bonds. The zero-order valence-corrected chi connectivity index (χ0v) is 22.4. The van der Waals surface area contributed by atoms with Crippen molar-refractivity contribution in [2.45, 2.75) is 91.2 Å². The molecule has 2 fully saturated rings. The molecular formula is C27H38N6OS. The molecule has 3 aromatic rings. The van der Waals surface area contributed by atoms with Gasteiger partial charge in [0, 0.05) is 18.8 Å². The van der Waals surface area contributed by atoms with E-state index < -0.39 is 5.60 Å². The molecular weight excluding hydrogens is 456 g/mol. The standard InChI is InChI=1S/C27H38N6OS/c1-6-27(34,7-2)18-8-9-19(14-18)31-23-21(24-32-22-17(4)28-13-10-20(22)35-24)16(3)30-25(33-23)29-15-26(5)11-12-26/h10,13,18-19,34H,6-9,11-12,14-15H2,1-5H3,(H2,29,30,31,33)/t18-,19+/m1/s1. The van der Waals surface area contributed by atoms with Crippen molar-refractivity contribution in [2.24, 2.45) is 11.3 Å². The van der Waals surface area contributed by atoms with E-state index in [4.69, 9.17) is 15.0 Å². The summed E-state index contributed by atoms with van der Waals surface area (Å²) in [5, 5.41) is 19.3. The Bertz CT molecular complexity index is 1220. The number of aromatic nitrogens is 4. The minimum atomic E-state index is -0.579. The average Bonchev–Trinajstić information content (AvgIpc) is 3.21. The summed E-state index contributed by atoms with van der Waals surface area (Å²) < 4.78 is 1.12. The summed E-state index contributed by atoms with van der Waals surface area (Å²) in [6, 6.07) is 2.29. The summed E-state index contributed by atoms with van der Waals surface area (Å²) in [4.78, 5) is 19.2. The molecule has 0 saturated heterocycles. The smallest absolute Gasteiger partial charge is 0.224 e. The molecule has 5 rings (SSSR count). The van der Waals surface area contributed by atoms with Gasteiger partial charge in [0.15, 0.2) is 0 Å². The Kier molecular flexibility index (Phi) is 6.46. The van der Waals surface area contributed by atoms with Gasteiger partial charge in [0.05, 0.1) is 27.3 Å². The summed E-state index contributed by atoms with van der Waals surface area (Å²) in [5.41, 5.74) is 3.56. The monoisotopic (exact) mass is 494 g/mol. The number of hydrogen-bond donors (Lipinski definition) is 3. The Morgan fingerprint density at radius 1 is 1.11 bits per heavy atom. The van der Waals surface area contributed by atoms with Crippen LogP contribution in [0.4, 0.5) is 11.8 Å². The Hall–Kier alpha value is -2.32. The number of rotatable bonds is 9. The summed E-state index contributed by atoms with van der Waals surface area (Å²) >= 11 is 1.66. The molecule has 2 aliphatic rings. The van der Waals surface area contributed by atoms with Gasteiger partial charge in [-0.2, -0.15) is 4.98 Å². The Morgan fingerprint density at radius 2 is 1.89 bits per heavy atom. The van der Waals surface area contributed by atoms with Gasteiger partial charge in [0.25, 0.3) is 0 Å². The van der Waals surface area contributed by atoms with Crippen molar-refractivity contribution >= 4 is 33.3 Å². The molecule has 8 heteroatoms. The van der Waals surface area contributed by atoms with Gasteiger partial charge in [-0.25, -0.2) is 9.97 Å². The number of hydrogen-bond acceptors (Lipinski definition) is 8. The minimum Gasteiger partial charge on any atom is -0.390 e. The first-order chi connectivity index (χ1) is 16.7. The van der Waals surface area contributed by atoms with Crippen LogP contribution in [0.1, 0.15) is 77.1 Å². The summed E-state index contributed by atoms with van der Waals surface area (Å²) in [7, 11) is 0. The van der Waals surface area contributed by atoms with Crippen molar-refractivity contribution < 1.29 is 5.11 Å². The van der Waals surface area contributed by atoms with E-state index in [1.807, 2.05) is 26.1 Å². The van der Waals surface area contributed by atoms with E-state index in [2.05, 4.69) is 36.4 Å². The fourth-order valence-electron chi connectivity index (χ4n) is 5.41. The zero-order chi connectivity index (χ0) is 24.8. The molecule has 7 nitrogen and oxygen atoms in total. The Balaban J connectivity index is 1.48. The van der Waals surface area contributed by atoms with Crippen molar-refractivity contribution in [3.8, 4) is 10.6 Å². The van der Waals surface area contributed by atoms with Crippen molar-refractivity contribution in [1.82, 2.24) is 19.9 Å². The molecule has 3 heterocycles. The van der Waals surface area contributed by atoms with Crippen molar-refractivity contribution in [1.29, 1.82) is 0 Å². The van der Waals surface area contributed by atoms with Gasteiger partial charge in [0.1, 0.15) is 16.3 Å². The minimum absolute atomic E-state index is 0.268. The van der Waals surface area contributed by atoms with Gasteiger partial charge in [-0.05, 0) is 76.2 Å². The van der Waals surface area contributed by atoms with Crippen LogP contribution in [0.2, 0.25) is 0 Å². The largest absolute Gasteiger partial charge is 0.390 e. The lowest BCUT2D eigenvalue weighted by Gasteiger charge is -2.32. The maximum atomic E-state index is 11.1. The van der Waals surface area contributed by atoms with Crippen molar-refractivity contribution in [3.05, 3.63) is 23.7 Å². The molecule has 3 N–H and O–H groups in total. The number of nitrogens with zero attached hydrogens (tertiary/aromatic N) is 4. The molecule has 35 heavy (non-hydrogen) atoms. The lowest BCUT2D eigenvalue weighted by molar-refractivity contribution is -0.0236. The van der Waals surface area contributed by atoms with E-state index in [0.717, 1.165) is 76.6 Å². The van der Waals surface area contributed by atoms with Gasteiger partial charge >= 0.3 is 0 Å². The third-order valence-corrected chi connectivity index (χ3v) is 9.37. The van der Waals surface area contributed by atoms with E-state index in [0.29, 0.717) is 17.3 Å². The number of thiazole rings is 1. The molecule has 0 aromatic carbocycles. The first-order valence-electron chi connectivity index (χ1n) is 13.1. The molecule has 0 aliphatic heterocycles. The molecule has 0 spiro atoms. The SMILES string of the molecule is CCC(O)(CC)[C@@H]1CC[C@H](Nc2nc(NCC3(C)CC3)nc(C)c2-c2nc3c(C)nccc3s2)C1. The molecule has 2 saturated carbocycles. The van der Waals surface area contributed by atoms with E-state index in [1.165, 1.54) is 12.8 Å². The van der Waals surface area contributed by atoms with E-state index in [-0.39, 0.29) is 6.04 Å². The van der Waals surface area contributed by atoms with Crippen LogP contribution >= 0.6 is 11.3 Å². The number of aliphatic hydroxyl groups is 1. The van der Waals surface area contributed by atoms with Crippen molar-refractivity contribution in [3.63, 3.8) is 0 Å². The highest BCUT2D eigenvalue weighted by molar-refractivity contribution is 7.21. The van der Waals surface area contributed by atoms with Gasteiger partial charge in [-0.3, -0.25) is 4.98 Å². The predicted octanol–water partition coefficient (Wildman–Crippen LogP) is 6.11. The third kappa shape index (κ3) is 4.87. The predicted molar refractivity (Wildman–Crippen MR) is 144 cm³/mol. The Morgan fingerprint density at radius 3 is 2.57 bits per heavy atom. The maximum absolute atomic E-state index is 11.1. The van der Waals surface area contributed by atoms with Crippen LogP contribution in [-0.2, 0) is 0 Å². The van der Waals surface area contributed by atoms with Gasteiger partial charge in [0.2, 0.25) is 5.95 Å². The fourth-order valence-corrected chi connectivity index (χ4v) is 6.52. The second kappa shape index (κ2) is 9.28. The molecule has 2 atom stereocenters. The summed E-state index contributed by atoms with van der Waals surface area (Å²) in [6.07, 6.45) is 8.95. The number of pyridine rings is 1. The number of fused-ring (bicyclic) bond motifs is 1. The Labute approximate surface area is 212 Å². The second-order valence-electron chi connectivity index (χ2n) is 10.9. The van der Waals surface area contributed by atoms with Crippen LogP contribution in [-0.4, -0.2) is 43.2 Å². The quantitative estimate of drug-likeness (QED) is 0.330. The van der Waals surface area contributed by atoms with Crippen LogP contribution in [0.5, 0.6) is 0 Å². The highest BCUT2D eigenvalue weighted by atomic mass is 32.1. The maximum Gasteiger partial charge on any atom is 0.224 e. The van der Waals surface area contributed by atoms with Crippen LogP contribution in [0, 0.1) is 25.2 Å². The topological polar surface area (TPSA) is 95.8 Å². The molecule has 0 radical (unpaired) electrons. The molecule has 0 unspecified atom stereocenters. The highest BCUT2D eigenvalue weighted by Gasteiger charge is 2.39. The van der Waals surface area contributed by atoms with Gasteiger partial charge in [-0.15, -0.1) is 11.3 Å². The van der Waals surface area contributed by atoms with Crippen LogP contribution in [0.15, 0.2) is 12.3 Å². The highest BCUT2D eigenvalue weighted by Crippen LogP contribution is 2.45. The van der Waals surface area contributed by atoms with Crippen molar-refractivity contribution in [2.75, 3.05) is 17.2 Å². The van der Waals surface area contributed by atoms with E-state index in [9.17, 15) is 5.11 Å². The summed E-state index contributed by atoms with van der Waals surface area (Å²) in [6.45, 7) is 11.4. The average molecular weight is 495 g/mol. The van der Waals surface area contributed by atoms with E-state index >= 15 is 0 Å². The second-order valence-corrected chi connectivity index (χ2v) is 12.0. The molecule has 2 aliphatic carbocycles. The molecule has 3 aromatic heterocycles. The fraction of sp³-hybridized carbons (Fsp3) is 0.630. The lowest BCUT2D eigenvalue weighted by Crippen LogP contribution is -2.36. The number of aryl methyl sites for hydroxylation is 2. The zero-order valence-electron chi connectivity index (χ0n) is 21.6. The third-order valence-electron chi connectivity index (χ3n) is 8.33. The normalized spacial score (nSPS) is 21.4.